The van der Waals surface area contributed by atoms with Gasteiger partial charge in [0.15, 0.2) is 5.69 Å². The molecule has 0 saturated carbocycles. The molecule has 1 saturated heterocycles. The van der Waals surface area contributed by atoms with Crippen LogP contribution in [0.1, 0.15) is 20.9 Å². The fourth-order valence-corrected chi connectivity index (χ4v) is 5.13. The number of morpholine rings is 1. The van der Waals surface area contributed by atoms with Gasteiger partial charge < -0.3 is 9.64 Å². The number of benzene rings is 2. The number of amides is 1. The number of carbonyl (C=O) groups excluding carboxylic acids is 1. The van der Waals surface area contributed by atoms with Crippen LogP contribution in [0.5, 0.6) is 0 Å². The smallest absolute Gasteiger partial charge is 0.283 e. The highest BCUT2D eigenvalue weighted by molar-refractivity contribution is 7.18. The van der Waals surface area contributed by atoms with Crippen LogP contribution in [0.25, 0.3) is 10.2 Å². The number of thiophene rings is 1. The topological polar surface area (TPSA) is 78.5 Å². The maximum Gasteiger partial charge on any atom is 0.283 e. The summed E-state index contributed by atoms with van der Waals surface area (Å²) in [6, 6.07) is 18.4. The standard InChI is InChI=1S/C25H23ClN4O3S/c26-18-8-6-17(7-9-18)15-30(19-4-2-1-3-5-19)25(32)22-23(31)21-14-20(34-24(21)28-27-22)16-29-10-12-33-13-11-29/h1-9,14H,10-13,15-16H2,(H,28,31). The molecule has 7 nitrogen and oxygen atoms in total. The van der Waals surface area contributed by atoms with Gasteiger partial charge in [0.2, 0.25) is 5.43 Å². The summed E-state index contributed by atoms with van der Waals surface area (Å²) in [7, 11) is 0. The summed E-state index contributed by atoms with van der Waals surface area (Å²) in [6.45, 7) is 4.18. The van der Waals surface area contributed by atoms with Gasteiger partial charge in [0.25, 0.3) is 5.91 Å². The average Bonchev–Trinajstić information content (AvgIpc) is 3.28. The summed E-state index contributed by atoms with van der Waals surface area (Å²) in [5.41, 5.74) is 1.09. The molecule has 1 aliphatic heterocycles. The monoisotopic (exact) mass is 494 g/mol. The van der Waals surface area contributed by atoms with Crippen molar-refractivity contribution in [3.8, 4) is 0 Å². The molecule has 1 aliphatic rings. The van der Waals surface area contributed by atoms with Crippen molar-refractivity contribution >= 4 is 44.7 Å². The Bertz CT molecular complexity index is 1350. The molecule has 2 aromatic heterocycles. The van der Waals surface area contributed by atoms with Crippen LogP contribution in [0, 0.1) is 0 Å². The largest absolute Gasteiger partial charge is 0.379 e. The van der Waals surface area contributed by atoms with Gasteiger partial charge in [-0.1, -0.05) is 41.9 Å². The lowest BCUT2D eigenvalue weighted by atomic mass is 10.1. The number of hydrogen-bond donors (Lipinski definition) is 1. The van der Waals surface area contributed by atoms with E-state index >= 15 is 0 Å². The molecule has 0 unspecified atom stereocenters. The fourth-order valence-electron chi connectivity index (χ4n) is 3.97. The highest BCUT2D eigenvalue weighted by Gasteiger charge is 2.24. The Morgan fingerprint density at radius 1 is 1.12 bits per heavy atom. The van der Waals surface area contributed by atoms with Gasteiger partial charge in [0.1, 0.15) is 4.83 Å². The Kier molecular flexibility index (Phi) is 6.73. The molecule has 0 atom stereocenters. The van der Waals surface area contributed by atoms with Crippen LogP contribution in [0.3, 0.4) is 0 Å². The van der Waals surface area contributed by atoms with E-state index in [9.17, 15) is 9.59 Å². The molecule has 174 valence electrons. The lowest BCUT2D eigenvalue weighted by Gasteiger charge is -2.25. The van der Waals surface area contributed by atoms with Crippen molar-refractivity contribution in [1.82, 2.24) is 15.1 Å². The number of aromatic amines is 1. The minimum absolute atomic E-state index is 0.124. The third-order valence-electron chi connectivity index (χ3n) is 5.76. The Morgan fingerprint density at radius 2 is 1.85 bits per heavy atom. The summed E-state index contributed by atoms with van der Waals surface area (Å²) in [6.07, 6.45) is 0. The van der Waals surface area contributed by atoms with Gasteiger partial charge >= 0.3 is 0 Å². The number of H-pyrrole nitrogens is 1. The number of nitrogens with zero attached hydrogens (tertiary/aromatic N) is 3. The predicted molar refractivity (Wildman–Crippen MR) is 135 cm³/mol. The van der Waals surface area contributed by atoms with Crippen molar-refractivity contribution in [1.29, 1.82) is 0 Å². The second-order valence-corrected chi connectivity index (χ2v) is 9.67. The van der Waals surface area contributed by atoms with Gasteiger partial charge in [-0.3, -0.25) is 19.6 Å². The molecule has 0 aliphatic carbocycles. The number of para-hydroxylation sites is 1. The predicted octanol–water partition coefficient (Wildman–Crippen LogP) is 4.32. The molecule has 1 fully saturated rings. The number of rotatable bonds is 6. The van der Waals surface area contributed by atoms with E-state index in [4.69, 9.17) is 16.3 Å². The van der Waals surface area contributed by atoms with Crippen molar-refractivity contribution in [2.75, 3.05) is 31.2 Å². The quantitative estimate of drug-likeness (QED) is 0.432. The Hall–Kier alpha value is -3.04. The van der Waals surface area contributed by atoms with Gasteiger partial charge in [0, 0.05) is 35.2 Å². The van der Waals surface area contributed by atoms with E-state index in [1.54, 1.807) is 17.0 Å². The van der Waals surface area contributed by atoms with E-state index < -0.39 is 5.91 Å². The van der Waals surface area contributed by atoms with Crippen molar-refractivity contribution < 1.29 is 9.53 Å². The zero-order chi connectivity index (χ0) is 23.5. The number of carbonyl (C=O) groups is 1. The van der Waals surface area contributed by atoms with Gasteiger partial charge in [0.05, 0.1) is 25.1 Å². The first kappa shape index (κ1) is 22.7. The number of ether oxygens (including phenoxy) is 1. The van der Waals surface area contributed by atoms with Crippen LogP contribution in [-0.2, 0) is 17.8 Å². The molecule has 3 heterocycles. The molecule has 5 rings (SSSR count). The van der Waals surface area contributed by atoms with E-state index in [2.05, 4.69) is 15.1 Å². The highest BCUT2D eigenvalue weighted by Crippen LogP contribution is 2.24. The molecular weight excluding hydrogens is 472 g/mol. The number of anilines is 1. The van der Waals surface area contributed by atoms with Gasteiger partial charge in [-0.15, -0.1) is 11.3 Å². The molecule has 0 spiro atoms. The Balaban J connectivity index is 1.47. The second-order valence-electron chi connectivity index (χ2n) is 8.10. The van der Waals surface area contributed by atoms with Crippen molar-refractivity contribution in [2.24, 2.45) is 0 Å². The van der Waals surface area contributed by atoms with Crippen LogP contribution in [0.2, 0.25) is 5.02 Å². The van der Waals surface area contributed by atoms with E-state index in [1.165, 1.54) is 11.3 Å². The number of fused-ring (bicyclic) bond motifs is 1. The Morgan fingerprint density at radius 3 is 2.59 bits per heavy atom. The number of aromatic nitrogens is 2. The van der Waals surface area contributed by atoms with E-state index in [1.807, 2.05) is 48.5 Å². The van der Waals surface area contributed by atoms with Crippen molar-refractivity contribution in [3.05, 3.63) is 92.0 Å². The third-order valence-corrected chi connectivity index (χ3v) is 7.04. The molecule has 4 aromatic rings. The number of halogens is 1. The number of hydrogen-bond acceptors (Lipinski definition) is 6. The maximum absolute atomic E-state index is 13.6. The summed E-state index contributed by atoms with van der Waals surface area (Å²) in [5.74, 6) is -0.453. The molecule has 1 amide bonds. The van der Waals surface area contributed by atoms with Gasteiger partial charge in [-0.25, -0.2) is 0 Å². The molecular formula is C25H23ClN4O3S. The van der Waals surface area contributed by atoms with Gasteiger partial charge in [-0.2, -0.15) is 5.10 Å². The summed E-state index contributed by atoms with van der Waals surface area (Å²) < 4.78 is 5.41. The first-order valence-electron chi connectivity index (χ1n) is 11.0. The van der Waals surface area contributed by atoms with Crippen LogP contribution in [0.4, 0.5) is 5.69 Å². The van der Waals surface area contributed by atoms with Crippen molar-refractivity contribution in [2.45, 2.75) is 13.1 Å². The third kappa shape index (κ3) is 4.90. The minimum Gasteiger partial charge on any atom is -0.379 e. The van der Waals surface area contributed by atoms with E-state index in [0.717, 1.165) is 30.1 Å². The maximum atomic E-state index is 13.6. The molecule has 0 radical (unpaired) electrons. The molecule has 0 bridgehead atoms. The molecule has 9 heteroatoms. The van der Waals surface area contributed by atoms with Crippen LogP contribution >= 0.6 is 22.9 Å². The highest BCUT2D eigenvalue weighted by atomic mass is 35.5. The van der Waals surface area contributed by atoms with Crippen molar-refractivity contribution in [3.63, 3.8) is 0 Å². The molecule has 2 aromatic carbocycles. The fraction of sp³-hybridized carbons (Fsp3) is 0.240. The van der Waals surface area contributed by atoms with Crippen LogP contribution < -0.4 is 10.3 Å². The summed E-state index contributed by atoms with van der Waals surface area (Å²) in [4.78, 5) is 32.5. The lowest BCUT2D eigenvalue weighted by molar-refractivity contribution is 0.0346. The van der Waals surface area contributed by atoms with Gasteiger partial charge in [-0.05, 0) is 35.9 Å². The normalized spacial score (nSPS) is 14.4. The summed E-state index contributed by atoms with van der Waals surface area (Å²) in [5, 5.41) is 8.24. The van der Waals surface area contributed by atoms with E-state index in [0.29, 0.717) is 34.1 Å². The zero-order valence-electron chi connectivity index (χ0n) is 18.4. The lowest BCUT2D eigenvalue weighted by Crippen LogP contribution is -2.35. The number of nitrogens with one attached hydrogen (secondary N) is 1. The Labute approximate surface area is 205 Å². The first-order chi connectivity index (χ1) is 16.6. The second kappa shape index (κ2) is 10.1. The SMILES string of the molecule is O=C(c1n[nH]c2sc(CN3CCOCC3)cc2c1=O)N(Cc1ccc(Cl)cc1)c1ccccc1. The molecule has 34 heavy (non-hydrogen) atoms. The average molecular weight is 495 g/mol. The molecule has 1 N–H and O–H groups in total. The minimum atomic E-state index is -0.453. The zero-order valence-corrected chi connectivity index (χ0v) is 19.9. The van der Waals surface area contributed by atoms with Crippen LogP contribution in [0.15, 0.2) is 65.5 Å². The van der Waals surface area contributed by atoms with E-state index in [-0.39, 0.29) is 17.7 Å². The summed E-state index contributed by atoms with van der Waals surface area (Å²) >= 11 is 7.52. The van der Waals surface area contributed by atoms with Crippen LogP contribution in [-0.4, -0.2) is 47.3 Å². The first-order valence-corrected chi connectivity index (χ1v) is 12.2.